The van der Waals surface area contributed by atoms with E-state index in [-0.39, 0.29) is 17.9 Å². The Balaban J connectivity index is 2.65. The van der Waals surface area contributed by atoms with Crippen molar-refractivity contribution in [1.29, 1.82) is 0 Å². The van der Waals surface area contributed by atoms with E-state index < -0.39 is 11.6 Å². The van der Waals surface area contributed by atoms with Crippen molar-refractivity contribution >= 4 is 17.6 Å². The summed E-state index contributed by atoms with van der Waals surface area (Å²) in [5.74, 6) is -1.27. The zero-order chi connectivity index (χ0) is 15.9. The smallest absolute Gasteiger partial charge is 0.335 e. The standard InChI is InChI=1S/C16H23NO4/c1-3-9-16(21,10-4-2)11-14(18)17-13-7-5-12(6-8-13)15(19)20/h5-8,21H,3-4,9-11H2,1-2H3,(H,17,18)(H,19,20). The minimum absolute atomic E-state index is 0.0510. The number of amides is 1. The van der Waals surface area contributed by atoms with Crippen LogP contribution in [-0.4, -0.2) is 27.7 Å². The van der Waals surface area contributed by atoms with Crippen LogP contribution in [0.15, 0.2) is 24.3 Å². The van der Waals surface area contributed by atoms with Crippen LogP contribution in [0.3, 0.4) is 0 Å². The molecular weight excluding hydrogens is 270 g/mol. The summed E-state index contributed by atoms with van der Waals surface area (Å²) in [4.78, 5) is 22.8. The molecule has 0 aliphatic carbocycles. The maximum absolute atomic E-state index is 12.0. The fraction of sp³-hybridized carbons (Fsp3) is 0.500. The second kappa shape index (κ2) is 7.78. The molecule has 0 unspecified atom stereocenters. The van der Waals surface area contributed by atoms with Crippen molar-refractivity contribution < 1.29 is 19.8 Å². The monoisotopic (exact) mass is 293 g/mol. The van der Waals surface area contributed by atoms with Gasteiger partial charge in [-0.25, -0.2) is 4.79 Å². The highest BCUT2D eigenvalue weighted by atomic mass is 16.4. The molecule has 0 spiro atoms. The molecule has 0 aliphatic rings. The number of carbonyl (C=O) groups excluding carboxylic acids is 1. The molecule has 1 aromatic carbocycles. The molecule has 3 N–H and O–H groups in total. The normalized spacial score (nSPS) is 11.2. The van der Waals surface area contributed by atoms with E-state index in [1.54, 1.807) is 12.1 Å². The SMILES string of the molecule is CCCC(O)(CCC)CC(=O)Nc1ccc(C(=O)O)cc1. The fourth-order valence-electron chi connectivity index (χ4n) is 2.43. The maximum Gasteiger partial charge on any atom is 0.335 e. The van der Waals surface area contributed by atoms with Crippen molar-refractivity contribution in [1.82, 2.24) is 0 Å². The van der Waals surface area contributed by atoms with Crippen LogP contribution in [0.25, 0.3) is 0 Å². The van der Waals surface area contributed by atoms with E-state index in [4.69, 9.17) is 5.11 Å². The van der Waals surface area contributed by atoms with Gasteiger partial charge < -0.3 is 15.5 Å². The van der Waals surface area contributed by atoms with E-state index >= 15 is 0 Å². The molecule has 0 saturated carbocycles. The highest BCUT2D eigenvalue weighted by Crippen LogP contribution is 2.24. The molecule has 5 heteroatoms. The molecule has 0 heterocycles. The van der Waals surface area contributed by atoms with Crippen molar-refractivity contribution in [3.63, 3.8) is 0 Å². The molecule has 0 fully saturated rings. The number of carboxylic acids is 1. The third-order valence-electron chi connectivity index (χ3n) is 3.34. The maximum atomic E-state index is 12.0. The Labute approximate surface area is 125 Å². The molecule has 0 radical (unpaired) electrons. The van der Waals surface area contributed by atoms with Crippen molar-refractivity contribution in [2.24, 2.45) is 0 Å². The summed E-state index contributed by atoms with van der Waals surface area (Å²) in [6, 6.07) is 5.95. The number of hydrogen-bond acceptors (Lipinski definition) is 3. The summed E-state index contributed by atoms with van der Waals surface area (Å²) < 4.78 is 0. The van der Waals surface area contributed by atoms with Gasteiger partial charge in [0.25, 0.3) is 0 Å². The number of anilines is 1. The predicted molar refractivity (Wildman–Crippen MR) is 81.4 cm³/mol. The number of carbonyl (C=O) groups is 2. The van der Waals surface area contributed by atoms with Crippen LogP contribution < -0.4 is 5.32 Å². The Morgan fingerprint density at radius 1 is 1.10 bits per heavy atom. The zero-order valence-electron chi connectivity index (χ0n) is 12.6. The molecule has 1 aromatic rings. The van der Waals surface area contributed by atoms with Gasteiger partial charge in [-0.15, -0.1) is 0 Å². The summed E-state index contributed by atoms with van der Waals surface area (Å²) >= 11 is 0. The Morgan fingerprint density at radius 3 is 2.05 bits per heavy atom. The van der Waals surface area contributed by atoms with Crippen LogP contribution in [0.1, 0.15) is 56.3 Å². The lowest BCUT2D eigenvalue weighted by Gasteiger charge is -2.26. The molecule has 0 bridgehead atoms. The minimum Gasteiger partial charge on any atom is -0.478 e. The van der Waals surface area contributed by atoms with Gasteiger partial charge in [-0.3, -0.25) is 4.79 Å². The fourth-order valence-corrected chi connectivity index (χ4v) is 2.43. The zero-order valence-corrected chi connectivity index (χ0v) is 12.6. The van der Waals surface area contributed by atoms with E-state index in [1.807, 2.05) is 13.8 Å². The van der Waals surface area contributed by atoms with Crippen molar-refractivity contribution in [3.8, 4) is 0 Å². The lowest BCUT2D eigenvalue weighted by molar-refractivity contribution is -0.121. The first-order valence-electron chi connectivity index (χ1n) is 7.26. The molecule has 0 atom stereocenters. The van der Waals surface area contributed by atoms with Crippen LogP contribution in [0, 0.1) is 0 Å². The first kappa shape index (κ1) is 17.2. The largest absolute Gasteiger partial charge is 0.478 e. The average Bonchev–Trinajstić information content (AvgIpc) is 2.39. The van der Waals surface area contributed by atoms with Crippen LogP contribution in [0.4, 0.5) is 5.69 Å². The number of carboxylic acid groups (broad SMARTS) is 1. The minimum atomic E-state index is -1.01. The van der Waals surface area contributed by atoms with Crippen LogP contribution in [-0.2, 0) is 4.79 Å². The van der Waals surface area contributed by atoms with E-state index in [9.17, 15) is 14.7 Å². The molecular formula is C16H23NO4. The third-order valence-corrected chi connectivity index (χ3v) is 3.34. The molecule has 1 amide bonds. The van der Waals surface area contributed by atoms with E-state index in [2.05, 4.69) is 5.32 Å². The Hall–Kier alpha value is -1.88. The molecule has 116 valence electrons. The number of hydrogen-bond donors (Lipinski definition) is 3. The summed E-state index contributed by atoms with van der Waals surface area (Å²) in [6.07, 6.45) is 2.86. The van der Waals surface area contributed by atoms with Gasteiger partial charge in [-0.2, -0.15) is 0 Å². The molecule has 21 heavy (non-hydrogen) atoms. The number of aliphatic hydroxyl groups is 1. The summed E-state index contributed by atoms with van der Waals surface area (Å²) in [6.45, 7) is 3.95. The summed E-state index contributed by atoms with van der Waals surface area (Å²) in [5, 5.41) is 21.9. The van der Waals surface area contributed by atoms with Gasteiger partial charge in [-0.05, 0) is 37.1 Å². The van der Waals surface area contributed by atoms with E-state index in [0.29, 0.717) is 18.5 Å². The van der Waals surface area contributed by atoms with Gasteiger partial charge in [0.05, 0.1) is 17.6 Å². The molecule has 0 saturated heterocycles. The number of nitrogens with one attached hydrogen (secondary N) is 1. The van der Waals surface area contributed by atoms with Gasteiger partial charge in [-0.1, -0.05) is 26.7 Å². The number of benzene rings is 1. The van der Waals surface area contributed by atoms with Crippen LogP contribution in [0.2, 0.25) is 0 Å². The van der Waals surface area contributed by atoms with Crippen molar-refractivity contribution in [3.05, 3.63) is 29.8 Å². The molecule has 0 aliphatic heterocycles. The lowest BCUT2D eigenvalue weighted by atomic mass is 9.89. The molecule has 0 aromatic heterocycles. The number of aromatic carboxylic acids is 1. The van der Waals surface area contributed by atoms with Gasteiger partial charge in [0.2, 0.25) is 5.91 Å². The highest BCUT2D eigenvalue weighted by molar-refractivity contribution is 5.92. The van der Waals surface area contributed by atoms with E-state index in [0.717, 1.165) is 12.8 Å². The summed E-state index contributed by atoms with van der Waals surface area (Å²) in [5.41, 5.74) is -0.268. The van der Waals surface area contributed by atoms with Gasteiger partial charge in [0.1, 0.15) is 0 Å². The predicted octanol–water partition coefficient (Wildman–Crippen LogP) is 3.04. The highest BCUT2D eigenvalue weighted by Gasteiger charge is 2.28. The second-order valence-electron chi connectivity index (χ2n) is 5.33. The Kier molecular flexibility index (Phi) is 6.37. The topological polar surface area (TPSA) is 86.6 Å². The van der Waals surface area contributed by atoms with Gasteiger partial charge >= 0.3 is 5.97 Å². The lowest BCUT2D eigenvalue weighted by Crippen LogP contribution is -2.33. The van der Waals surface area contributed by atoms with Crippen molar-refractivity contribution in [2.45, 2.75) is 51.6 Å². The van der Waals surface area contributed by atoms with Crippen LogP contribution >= 0.6 is 0 Å². The van der Waals surface area contributed by atoms with Gasteiger partial charge in [0, 0.05) is 5.69 Å². The second-order valence-corrected chi connectivity index (χ2v) is 5.33. The summed E-state index contributed by atoms with van der Waals surface area (Å²) in [7, 11) is 0. The third kappa shape index (κ3) is 5.55. The first-order valence-corrected chi connectivity index (χ1v) is 7.26. The first-order chi connectivity index (χ1) is 9.90. The van der Waals surface area contributed by atoms with Crippen molar-refractivity contribution in [2.75, 3.05) is 5.32 Å². The number of rotatable bonds is 8. The molecule has 1 rings (SSSR count). The van der Waals surface area contributed by atoms with E-state index in [1.165, 1.54) is 12.1 Å². The van der Waals surface area contributed by atoms with Crippen LogP contribution in [0.5, 0.6) is 0 Å². The van der Waals surface area contributed by atoms with Gasteiger partial charge in [0.15, 0.2) is 0 Å². The Bertz CT molecular complexity index is 476. The quantitative estimate of drug-likeness (QED) is 0.687. The average molecular weight is 293 g/mol. The molecule has 5 nitrogen and oxygen atoms in total. The Morgan fingerprint density at radius 2 is 1.62 bits per heavy atom.